The standard InChI is InChI=1S/C18H19F3N2O2/c19-18(20,21)14-1-6-17(22-11-14)25-12-13-7-9-23(10-8-13)15-2-4-16(24)5-3-15/h1-6,11,13,24H,7-10,12H2. The van der Waals surface area contributed by atoms with Crippen molar-refractivity contribution in [2.24, 2.45) is 5.92 Å². The Hall–Kier alpha value is -2.44. The van der Waals surface area contributed by atoms with Gasteiger partial charge in [-0.25, -0.2) is 4.98 Å². The van der Waals surface area contributed by atoms with Crippen molar-refractivity contribution in [3.05, 3.63) is 48.2 Å². The van der Waals surface area contributed by atoms with Gasteiger partial charge in [0.15, 0.2) is 0 Å². The quantitative estimate of drug-likeness (QED) is 0.900. The van der Waals surface area contributed by atoms with E-state index in [0.717, 1.165) is 43.9 Å². The number of hydrogen-bond donors (Lipinski definition) is 1. The lowest BCUT2D eigenvalue weighted by Gasteiger charge is -2.33. The van der Waals surface area contributed by atoms with Gasteiger partial charge >= 0.3 is 6.18 Å². The zero-order valence-corrected chi connectivity index (χ0v) is 13.5. The Morgan fingerprint density at radius 3 is 2.32 bits per heavy atom. The number of phenolic OH excluding ortho intramolecular Hbond substituents is 1. The van der Waals surface area contributed by atoms with Crippen molar-refractivity contribution in [2.75, 3.05) is 24.6 Å². The van der Waals surface area contributed by atoms with Crippen LogP contribution in [0.4, 0.5) is 18.9 Å². The third-order valence-electron chi connectivity index (χ3n) is 4.36. The van der Waals surface area contributed by atoms with Crippen molar-refractivity contribution >= 4 is 5.69 Å². The summed E-state index contributed by atoms with van der Waals surface area (Å²) in [4.78, 5) is 5.97. The number of anilines is 1. The summed E-state index contributed by atoms with van der Waals surface area (Å²) < 4.78 is 43.0. The molecule has 0 unspecified atom stereocenters. The Morgan fingerprint density at radius 2 is 1.76 bits per heavy atom. The van der Waals surface area contributed by atoms with Crippen molar-refractivity contribution in [1.82, 2.24) is 4.98 Å². The number of phenols is 1. The summed E-state index contributed by atoms with van der Waals surface area (Å²) in [5.74, 6) is 0.808. The predicted molar refractivity (Wildman–Crippen MR) is 87.8 cm³/mol. The minimum Gasteiger partial charge on any atom is -0.508 e. The molecule has 0 amide bonds. The molecular weight excluding hydrogens is 333 g/mol. The summed E-state index contributed by atoms with van der Waals surface area (Å²) in [6, 6.07) is 9.35. The maximum atomic E-state index is 12.5. The molecule has 0 saturated carbocycles. The fraction of sp³-hybridized carbons (Fsp3) is 0.389. The van der Waals surface area contributed by atoms with Gasteiger partial charge in [0.25, 0.3) is 0 Å². The van der Waals surface area contributed by atoms with E-state index in [-0.39, 0.29) is 11.6 Å². The van der Waals surface area contributed by atoms with Crippen LogP contribution in [0.1, 0.15) is 18.4 Å². The number of aromatic nitrogens is 1. The normalized spacial score (nSPS) is 16.0. The molecule has 0 atom stereocenters. The summed E-state index contributed by atoms with van der Waals surface area (Å²) in [7, 11) is 0. The molecule has 0 aliphatic carbocycles. The number of alkyl halides is 3. The Labute approximate surface area is 143 Å². The van der Waals surface area contributed by atoms with Crippen LogP contribution in [0.25, 0.3) is 0 Å². The first-order valence-corrected chi connectivity index (χ1v) is 8.12. The lowest BCUT2D eigenvalue weighted by molar-refractivity contribution is -0.137. The van der Waals surface area contributed by atoms with Crippen molar-refractivity contribution < 1.29 is 23.0 Å². The molecule has 1 aliphatic rings. The second kappa shape index (κ2) is 7.21. The van der Waals surface area contributed by atoms with E-state index in [2.05, 4.69) is 9.88 Å². The average Bonchev–Trinajstić information content (AvgIpc) is 2.61. The van der Waals surface area contributed by atoms with Crippen molar-refractivity contribution in [3.8, 4) is 11.6 Å². The molecule has 1 aromatic carbocycles. The minimum atomic E-state index is -4.38. The molecule has 4 nitrogen and oxygen atoms in total. The summed E-state index contributed by atoms with van der Waals surface area (Å²) >= 11 is 0. The van der Waals surface area contributed by atoms with E-state index in [4.69, 9.17) is 4.74 Å². The molecule has 134 valence electrons. The molecule has 1 aromatic heterocycles. The molecule has 1 fully saturated rings. The van der Waals surface area contributed by atoms with Gasteiger partial charge in [0.1, 0.15) is 5.75 Å². The van der Waals surface area contributed by atoms with E-state index in [9.17, 15) is 18.3 Å². The van der Waals surface area contributed by atoms with Crippen LogP contribution < -0.4 is 9.64 Å². The fourth-order valence-electron chi connectivity index (χ4n) is 2.86. The largest absolute Gasteiger partial charge is 0.508 e. The molecule has 1 aliphatic heterocycles. The number of ether oxygens (including phenoxy) is 1. The highest BCUT2D eigenvalue weighted by Gasteiger charge is 2.30. The van der Waals surface area contributed by atoms with E-state index >= 15 is 0 Å². The average molecular weight is 352 g/mol. The third-order valence-corrected chi connectivity index (χ3v) is 4.36. The predicted octanol–water partition coefficient (Wildman–Crippen LogP) is 4.10. The van der Waals surface area contributed by atoms with Gasteiger partial charge in [0.2, 0.25) is 5.88 Å². The highest BCUT2D eigenvalue weighted by molar-refractivity contribution is 5.49. The second-order valence-electron chi connectivity index (χ2n) is 6.14. The molecule has 1 N–H and O–H groups in total. The van der Waals surface area contributed by atoms with E-state index in [1.165, 1.54) is 6.07 Å². The maximum absolute atomic E-state index is 12.5. The van der Waals surface area contributed by atoms with E-state index in [1.54, 1.807) is 12.1 Å². The molecule has 2 heterocycles. The first-order valence-electron chi connectivity index (χ1n) is 8.12. The number of halogens is 3. The van der Waals surface area contributed by atoms with Gasteiger partial charge in [-0.15, -0.1) is 0 Å². The first-order chi connectivity index (χ1) is 11.9. The van der Waals surface area contributed by atoms with Gasteiger partial charge < -0.3 is 14.7 Å². The Morgan fingerprint density at radius 1 is 1.08 bits per heavy atom. The van der Waals surface area contributed by atoms with E-state index < -0.39 is 11.7 Å². The van der Waals surface area contributed by atoms with Gasteiger partial charge in [0, 0.05) is 31.0 Å². The van der Waals surface area contributed by atoms with Crippen molar-refractivity contribution in [3.63, 3.8) is 0 Å². The minimum absolute atomic E-state index is 0.217. The fourth-order valence-corrected chi connectivity index (χ4v) is 2.86. The van der Waals surface area contributed by atoms with Crippen LogP contribution in [-0.4, -0.2) is 29.8 Å². The molecule has 7 heteroatoms. The van der Waals surface area contributed by atoms with Gasteiger partial charge in [0.05, 0.1) is 12.2 Å². The number of pyridine rings is 1. The Balaban J connectivity index is 1.47. The van der Waals surface area contributed by atoms with Crippen molar-refractivity contribution in [1.29, 1.82) is 0 Å². The zero-order valence-electron chi connectivity index (χ0n) is 13.5. The Kier molecular flexibility index (Phi) is 5.01. The van der Waals surface area contributed by atoms with Crippen molar-refractivity contribution in [2.45, 2.75) is 19.0 Å². The number of nitrogens with zero attached hydrogens (tertiary/aromatic N) is 2. The number of rotatable bonds is 4. The molecule has 2 aromatic rings. The molecule has 25 heavy (non-hydrogen) atoms. The molecule has 0 spiro atoms. The topological polar surface area (TPSA) is 45.6 Å². The summed E-state index contributed by atoms with van der Waals surface area (Å²) in [6.07, 6.45) is -1.72. The van der Waals surface area contributed by atoms with Crippen LogP contribution >= 0.6 is 0 Å². The molecule has 0 bridgehead atoms. The van der Waals surface area contributed by atoms with E-state index in [0.29, 0.717) is 12.5 Å². The zero-order chi connectivity index (χ0) is 17.9. The van der Waals surface area contributed by atoms with E-state index in [1.807, 2.05) is 12.1 Å². The lowest BCUT2D eigenvalue weighted by Crippen LogP contribution is -2.35. The highest BCUT2D eigenvalue weighted by atomic mass is 19.4. The van der Waals surface area contributed by atoms with Crippen LogP contribution in [0, 0.1) is 5.92 Å². The van der Waals surface area contributed by atoms with Gasteiger partial charge in [-0.2, -0.15) is 13.2 Å². The highest BCUT2D eigenvalue weighted by Crippen LogP contribution is 2.29. The van der Waals surface area contributed by atoms with Crippen LogP contribution in [-0.2, 0) is 6.18 Å². The van der Waals surface area contributed by atoms with Crippen LogP contribution in [0.5, 0.6) is 11.6 Å². The molecular formula is C18H19F3N2O2. The molecule has 3 rings (SSSR count). The number of benzene rings is 1. The smallest absolute Gasteiger partial charge is 0.417 e. The SMILES string of the molecule is Oc1ccc(N2CCC(COc3ccc(C(F)(F)F)cn3)CC2)cc1. The third kappa shape index (κ3) is 4.55. The maximum Gasteiger partial charge on any atom is 0.417 e. The number of hydrogen-bond acceptors (Lipinski definition) is 4. The molecule has 0 radical (unpaired) electrons. The van der Waals surface area contributed by atoms with Crippen LogP contribution in [0.3, 0.4) is 0 Å². The molecule has 1 saturated heterocycles. The van der Waals surface area contributed by atoms with Crippen LogP contribution in [0.15, 0.2) is 42.6 Å². The lowest BCUT2D eigenvalue weighted by atomic mass is 9.97. The Bertz CT molecular complexity index is 679. The summed E-state index contributed by atoms with van der Waals surface area (Å²) in [5.41, 5.74) is 0.295. The summed E-state index contributed by atoms with van der Waals surface area (Å²) in [5, 5.41) is 9.33. The summed E-state index contributed by atoms with van der Waals surface area (Å²) in [6.45, 7) is 2.19. The van der Waals surface area contributed by atoms with Crippen LogP contribution in [0.2, 0.25) is 0 Å². The monoisotopic (exact) mass is 352 g/mol. The number of piperidine rings is 1. The first kappa shape index (κ1) is 17.4. The van der Waals surface area contributed by atoms with Gasteiger partial charge in [-0.1, -0.05) is 0 Å². The number of aromatic hydroxyl groups is 1. The second-order valence-corrected chi connectivity index (χ2v) is 6.14. The van der Waals surface area contributed by atoms with Gasteiger partial charge in [-0.3, -0.25) is 0 Å². The van der Waals surface area contributed by atoms with Gasteiger partial charge in [-0.05, 0) is 49.1 Å².